The van der Waals surface area contributed by atoms with Crippen LogP contribution in [0, 0.1) is 0 Å². The lowest BCUT2D eigenvalue weighted by Crippen LogP contribution is -2.40. The highest BCUT2D eigenvalue weighted by Gasteiger charge is 2.25. The summed E-state index contributed by atoms with van der Waals surface area (Å²) in [5.41, 5.74) is 2.16. The number of rotatable bonds is 6. The Kier molecular flexibility index (Phi) is 6.63. The number of methoxy groups -OCH3 is 2. The number of fused-ring (bicyclic) bond motifs is 1. The van der Waals surface area contributed by atoms with E-state index in [2.05, 4.69) is 10.6 Å². The molecule has 2 heterocycles. The molecule has 1 aliphatic heterocycles. The van der Waals surface area contributed by atoms with E-state index >= 15 is 0 Å². The maximum absolute atomic E-state index is 12.6. The van der Waals surface area contributed by atoms with Crippen molar-refractivity contribution in [1.29, 1.82) is 0 Å². The number of nitrogens with one attached hydrogen (secondary N) is 2. The molecule has 0 saturated heterocycles. The summed E-state index contributed by atoms with van der Waals surface area (Å²) in [6, 6.07) is 8.49. The fourth-order valence-corrected chi connectivity index (χ4v) is 3.13. The van der Waals surface area contributed by atoms with Crippen molar-refractivity contribution in [3.05, 3.63) is 47.9 Å². The first kappa shape index (κ1) is 20.6. The molecule has 2 aromatic rings. The van der Waals surface area contributed by atoms with Gasteiger partial charge in [-0.15, -0.1) is 0 Å². The van der Waals surface area contributed by atoms with E-state index in [1.807, 2.05) is 0 Å². The molecule has 2 N–H and O–H groups in total. The summed E-state index contributed by atoms with van der Waals surface area (Å²) in [7, 11) is 2.88. The lowest BCUT2D eigenvalue weighted by atomic mass is 10.0. The van der Waals surface area contributed by atoms with Crippen LogP contribution in [0.5, 0.6) is 0 Å². The van der Waals surface area contributed by atoms with Crippen molar-refractivity contribution in [1.82, 2.24) is 5.32 Å². The number of amides is 3. The third-order valence-electron chi connectivity index (χ3n) is 4.59. The lowest BCUT2D eigenvalue weighted by Gasteiger charge is -2.29. The fraction of sp³-hybridized carbons (Fsp3) is 0.350. The fourth-order valence-electron chi connectivity index (χ4n) is 3.13. The van der Waals surface area contributed by atoms with Crippen molar-refractivity contribution in [3.8, 4) is 0 Å². The quantitative estimate of drug-likeness (QED) is 0.561. The molecule has 9 nitrogen and oxygen atoms in total. The van der Waals surface area contributed by atoms with Crippen LogP contribution in [0.1, 0.15) is 22.5 Å². The van der Waals surface area contributed by atoms with Gasteiger partial charge in [-0.3, -0.25) is 14.4 Å². The summed E-state index contributed by atoms with van der Waals surface area (Å²) >= 11 is 0. The molecule has 1 aliphatic rings. The van der Waals surface area contributed by atoms with Crippen LogP contribution in [0.25, 0.3) is 0 Å². The van der Waals surface area contributed by atoms with E-state index in [0.717, 1.165) is 24.1 Å². The normalized spacial score (nSPS) is 13.1. The van der Waals surface area contributed by atoms with Gasteiger partial charge in [0.15, 0.2) is 12.1 Å². The number of aryl methyl sites for hydroxylation is 1. The number of benzene rings is 1. The van der Waals surface area contributed by atoms with Gasteiger partial charge in [-0.1, -0.05) is 0 Å². The molecule has 3 amide bonds. The molecule has 9 heteroatoms. The highest BCUT2D eigenvalue weighted by molar-refractivity contribution is 6.39. The standard InChI is InChI=1S/C20H23N3O6/c1-27-17(28-2)12-21-18(24)19(25)22-14-7-8-15-13(11-14)5-3-9-23(15)20(26)16-6-4-10-29-16/h4,6-8,10-11,17H,3,5,9,12H2,1-2H3,(H,21,24)(H,22,25). The Morgan fingerprint density at radius 2 is 1.97 bits per heavy atom. The molecule has 0 radical (unpaired) electrons. The van der Waals surface area contributed by atoms with Crippen LogP contribution in [0.4, 0.5) is 11.4 Å². The minimum Gasteiger partial charge on any atom is -0.459 e. The minimum atomic E-state index is -0.796. The molecule has 29 heavy (non-hydrogen) atoms. The Morgan fingerprint density at radius 1 is 1.17 bits per heavy atom. The van der Waals surface area contributed by atoms with Crippen molar-refractivity contribution >= 4 is 29.1 Å². The Bertz CT molecular complexity index is 876. The number of ether oxygens (including phenoxy) is 2. The molecule has 0 unspecified atom stereocenters. The van der Waals surface area contributed by atoms with Crippen molar-refractivity contribution in [2.75, 3.05) is 37.5 Å². The van der Waals surface area contributed by atoms with Gasteiger partial charge in [0, 0.05) is 32.1 Å². The number of carbonyl (C=O) groups excluding carboxylic acids is 3. The maximum Gasteiger partial charge on any atom is 0.313 e. The Hall–Kier alpha value is -3.17. The van der Waals surface area contributed by atoms with Gasteiger partial charge in [-0.05, 0) is 48.7 Å². The van der Waals surface area contributed by atoms with E-state index < -0.39 is 18.1 Å². The van der Waals surface area contributed by atoms with Gasteiger partial charge in [0.1, 0.15) is 0 Å². The van der Waals surface area contributed by atoms with Crippen LogP contribution in [0.3, 0.4) is 0 Å². The molecular weight excluding hydrogens is 378 g/mol. The molecule has 0 aliphatic carbocycles. The van der Waals surface area contributed by atoms with Crippen molar-refractivity contribution in [3.63, 3.8) is 0 Å². The molecule has 0 saturated carbocycles. The number of carbonyl (C=O) groups is 3. The monoisotopic (exact) mass is 401 g/mol. The Balaban J connectivity index is 1.66. The molecule has 0 fully saturated rings. The summed E-state index contributed by atoms with van der Waals surface area (Å²) in [4.78, 5) is 38.4. The van der Waals surface area contributed by atoms with E-state index in [1.54, 1.807) is 35.2 Å². The number of nitrogens with zero attached hydrogens (tertiary/aromatic N) is 1. The predicted octanol–water partition coefficient (Wildman–Crippen LogP) is 1.55. The SMILES string of the molecule is COC(CNC(=O)C(=O)Nc1ccc2c(c1)CCCN2C(=O)c1ccco1)OC. The molecule has 3 rings (SSSR count). The van der Waals surface area contributed by atoms with Gasteiger partial charge >= 0.3 is 11.8 Å². The predicted molar refractivity (Wildman–Crippen MR) is 105 cm³/mol. The van der Waals surface area contributed by atoms with Gasteiger partial charge in [0.25, 0.3) is 5.91 Å². The number of furan rings is 1. The van der Waals surface area contributed by atoms with Crippen LogP contribution in [0.2, 0.25) is 0 Å². The van der Waals surface area contributed by atoms with E-state index in [1.165, 1.54) is 20.5 Å². The van der Waals surface area contributed by atoms with E-state index in [-0.39, 0.29) is 18.2 Å². The lowest BCUT2D eigenvalue weighted by molar-refractivity contribution is -0.139. The topological polar surface area (TPSA) is 110 Å². The second-order valence-corrected chi connectivity index (χ2v) is 6.45. The van der Waals surface area contributed by atoms with Gasteiger partial charge in [-0.25, -0.2) is 0 Å². The van der Waals surface area contributed by atoms with Gasteiger partial charge < -0.3 is 29.4 Å². The molecule has 1 aromatic heterocycles. The zero-order valence-electron chi connectivity index (χ0n) is 16.3. The first-order valence-corrected chi connectivity index (χ1v) is 9.16. The molecule has 0 atom stereocenters. The third-order valence-corrected chi connectivity index (χ3v) is 4.59. The van der Waals surface area contributed by atoms with E-state index in [9.17, 15) is 14.4 Å². The molecule has 0 spiro atoms. The summed E-state index contributed by atoms with van der Waals surface area (Å²) < 4.78 is 15.1. The average molecular weight is 401 g/mol. The zero-order valence-corrected chi connectivity index (χ0v) is 16.3. The third kappa shape index (κ3) is 4.82. The van der Waals surface area contributed by atoms with Crippen LogP contribution < -0.4 is 15.5 Å². The summed E-state index contributed by atoms with van der Waals surface area (Å²) in [6.07, 6.45) is 2.38. The van der Waals surface area contributed by atoms with Crippen molar-refractivity contribution in [2.24, 2.45) is 0 Å². The molecule has 154 valence electrons. The molecule has 0 bridgehead atoms. The van der Waals surface area contributed by atoms with Gasteiger partial charge in [-0.2, -0.15) is 0 Å². The van der Waals surface area contributed by atoms with Crippen LogP contribution in [0.15, 0.2) is 41.0 Å². The number of anilines is 2. The molecule has 1 aromatic carbocycles. The summed E-state index contributed by atoms with van der Waals surface area (Å²) in [5, 5.41) is 5.01. The van der Waals surface area contributed by atoms with Crippen molar-refractivity contribution in [2.45, 2.75) is 19.1 Å². The number of hydrogen-bond acceptors (Lipinski definition) is 6. The highest BCUT2D eigenvalue weighted by Crippen LogP contribution is 2.31. The van der Waals surface area contributed by atoms with Crippen LogP contribution in [-0.2, 0) is 25.5 Å². The average Bonchev–Trinajstić information content (AvgIpc) is 3.28. The van der Waals surface area contributed by atoms with Gasteiger partial charge in [0.2, 0.25) is 0 Å². The first-order chi connectivity index (χ1) is 14.0. The largest absolute Gasteiger partial charge is 0.459 e. The first-order valence-electron chi connectivity index (χ1n) is 9.16. The van der Waals surface area contributed by atoms with Crippen LogP contribution >= 0.6 is 0 Å². The maximum atomic E-state index is 12.6. The van der Waals surface area contributed by atoms with Crippen molar-refractivity contribution < 1.29 is 28.3 Å². The minimum absolute atomic E-state index is 0.0489. The molecular formula is C20H23N3O6. The Morgan fingerprint density at radius 3 is 2.66 bits per heavy atom. The second kappa shape index (κ2) is 9.35. The summed E-state index contributed by atoms with van der Waals surface area (Å²) in [6.45, 7) is 0.633. The van der Waals surface area contributed by atoms with Gasteiger partial charge in [0.05, 0.1) is 12.8 Å². The Labute approximate surface area is 167 Å². The zero-order chi connectivity index (χ0) is 20.8. The summed E-state index contributed by atoms with van der Waals surface area (Å²) in [5.74, 6) is -1.53. The highest BCUT2D eigenvalue weighted by atomic mass is 16.7. The van der Waals surface area contributed by atoms with Crippen LogP contribution in [-0.4, -0.2) is 51.3 Å². The smallest absolute Gasteiger partial charge is 0.313 e. The number of hydrogen-bond donors (Lipinski definition) is 2. The van der Waals surface area contributed by atoms with E-state index in [4.69, 9.17) is 13.9 Å². The second-order valence-electron chi connectivity index (χ2n) is 6.45. The van der Waals surface area contributed by atoms with E-state index in [0.29, 0.717) is 12.2 Å².